The van der Waals surface area contributed by atoms with Crippen molar-refractivity contribution < 1.29 is 4.42 Å². The van der Waals surface area contributed by atoms with Crippen LogP contribution in [0.1, 0.15) is 11.3 Å². The molecular formula is C21H19N5O. The van der Waals surface area contributed by atoms with E-state index < -0.39 is 0 Å². The van der Waals surface area contributed by atoms with Crippen LogP contribution in [-0.2, 0) is 13.1 Å². The average molecular weight is 357 g/mol. The van der Waals surface area contributed by atoms with Crippen LogP contribution in [0.4, 0.5) is 11.8 Å². The molecule has 0 fully saturated rings. The molecule has 0 aliphatic carbocycles. The van der Waals surface area contributed by atoms with Crippen molar-refractivity contribution in [3.63, 3.8) is 0 Å². The number of hydrogen-bond donors (Lipinski definition) is 2. The summed E-state index contributed by atoms with van der Waals surface area (Å²) in [4.78, 5) is 13.4. The second-order valence-corrected chi connectivity index (χ2v) is 5.98. The lowest BCUT2D eigenvalue weighted by Crippen LogP contribution is -2.08. The third-order valence-corrected chi connectivity index (χ3v) is 3.99. The number of benzene rings is 1. The summed E-state index contributed by atoms with van der Waals surface area (Å²) < 4.78 is 5.38. The number of nitrogens with zero attached hydrogens (tertiary/aromatic N) is 3. The van der Waals surface area contributed by atoms with E-state index in [-0.39, 0.29) is 0 Å². The van der Waals surface area contributed by atoms with Crippen LogP contribution in [0.25, 0.3) is 11.3 Å². The highest BCUT2D eigenvalue weighted by Gasteiger charge is 2.07. The van der Waals surface area contributed by atoms with Crippen LogP contribution >= 0.6 is 0 Å². The molecule has 0 radical (unpaired) electrons. The van der Waals surface area contributed by atoms with E-state index in [1.54, 1.807) is 12.5 Å². The van der Waals surface area contributed by atoms with E-state index >= 15 is 0 Å². The minimum absolute atomic E-state index is 0.556. The van der Waals surface area contributed by atoms with Crippen molar-refractivity contribution in [3.05, 3.63) is 90.6 Å². The lowest BCUT2D eigenvalue weighted by molar-refractivity contribution is 0.518. The van der Waals surface area contributed by atoms with Gasteiger partial charge in [-0.15, -0.1) is 0 Å². The van der Waals surface area contributed by atoms with E-state index in [0.29, 0.717) is 19.0 Å². The molecule has 0 aliphatic rings. The van der Waals surface area contributed by atoms with Crippen molar-refractivity contribution in [3.8, 4) is 11.3 Å². The Morgan fingerprint density at radius 2 is 1.78 bits per heavy atom. The standard InChI is InChI=1S/C21H19N5O/c1-2-7-17(8-3-1)19-12-20(23-15-18-9-5-11-27-18)26-21(25-19)24-14-16-6-4-10-22-13-16/h1-13H,14-15H2,(H2,23,24,25,26). The zero-order valence-corrected chi connectivity index (χ0v) is 14.7. The summed E-state index contributed by atoms with van der Waals surface area (Å²) in [5.41, 5.74) is 2.95. The Kier molecular flexibility index (Phi) is 5.06. The maximum absolute atomic E-state index is 5.38. The Morgan fingerprint density at radius 3 is 2.56 bits per heavy atom. The molecule has 6 nitrogen and oxygen atoms in total. The molecule has 0 spiro atoms. The molecule has 134 valence electrons. The van der Waals surface area contributed by atoms with E-state index in [0.717, 1.165) is 28.4 Å². The molecule has 4 aromatic rings. The van der Waals surface area contributed by atoms with E-state index in [9.17, 15) is 0 Å². The van der Waals surface area contributed by atoms with Crippen molar-refractivity contribution in [1.82, 2.24) is 15.0 Å². The van der Waals surface area contributed by atoms with Gasteiger partial charge in [-0.3, -0.25) is 4.98 Å². The number of furan rings is 1. The summed E-state index contributed by atoms with van der Waals surface area (Å²) in [7, 11) is 0. The SMILES string of the molecule is c1ccc(-c2cc(NCc3ccco3)nc(NCc3cccnc3)n2)cc1. The molecule has 27 heavy (non-hydrogen) atoms. The van der Waals surface area contributed by atoms with E-state index in [1.165, 1.54) is 0 Å². The van der Waals surface area contributed by atoms with Gasteiger partial charge in [-0.25, -0.2) is 4.98 Å². The summed E-state index contributed by atoms with van der Waals surface area (Å²) in [6, 6.07) is 19.7. The summed E-state index contributed by atoms with van der Waals surface area (Å²) in [6.45, 7) is 1.16. The van der Waals surface area contributed by atoms with Gasteiger partial charge in [-0.2, -0.15) is 4.98 Å². The number of rotatable bonds is 7. The fourth-order valence-electron chi connectivity index (χ4n) is 2.65. The normalized spacial score (nSPS) is 10.5. The van der Waals surface area contributed by atoms with Crippen molar-refractivity contribution in [2.75, 3.05) is 10.6 Å². The van der Waals surface area contributed by atoms with Gasteiger partial charge in [-0.05, 0) is 23.8 Å². The monoisotopic (exact) mass is 357 g/mol. The van der Waals surface area contributed by atoms with Crippen LogP contribution in [0.5, 0.6) is 0 Å². The van der Waals surface area contributed by atoms with Crippen LogP contribution in [0, 0.1) is 0 Å². The summed E-state index contributed by atoms with van der Waals surface area (Å²) in [5, 5.41) is 6.58. The molecule has 4 rings (SSSR count). The predicted molar refractivity (Wildman–Crippen MR) is 105 cm³/mol. The molecule has 0 aliphatic heterocycles. The smallest absolute Gasteiger partial charge is 0.225 e. The van der Waals surface area contributed by atoms with Gasteiger partial charge in [0.2, 0.25) is 5.95 Å². The molecule has 0 saturated carbocycles. The molecule has 0 atom stereocenters. The number of hydrogen-bond acceptors (Lipinski definition) is 6. The molecule has 0 unspecified atom stereocenters. The Hall–Kier alpha value is -3.67. The topological polar surface area (TPSA) is 75.9 Å². The van der Waals surface area contributed by atoms with E-state index in [4.69, 9.17) is 4.42 Å². The van der Waals surface area contributed by atoms with Crippen LogP contribution < -0.4 is 10.6 Å². The summed E-state index contributed by atoms with van der Waals surface area (Å²) in [5.74, 6) is 2.14. The molecule has 1 aromatic carbocycles. The number of anilines is 2. The highest BCUT2D eigenvalue weighted by molar-refractivity contribution is 5.64. The second kappa shape index (κ2) is 8.14. The van der Waals surface area contributed by atoms with Crippen LogP contribution in [0.2, 0.25) is 0 Å². The molecule has 0 amide bonds. The Balaban J connectivity index is 1.57. The summed E-state index contributed by atoms with van der Waals surface area (Å²) in [6.07, 6.45) is 5.24. The van der Waals surface area contributed by atoms with Gasteiger partial charge in [0.25, 0.3) is 0 Å². The van der Waals surface area contributed by atoms with E-state index in [1.807, 2.05) is 66.9 Å². The predicted octanol–water partition coefficient (Wildman–Crippen LogP) is 4.36. The van der Waals surface area contributed by atoms with Crippen molar-refractivity contribution >= 4 is 11.8 Å². The molecule has 2 N–H and O–H groups in total. The van der Waals surface area contributed by atoms with Crippen LogP contribution in [0.15, 0.2) is 83.7 Å². The average Bonchev–Trinajstić information content (AvgIpc) is 3.26. The van der Waals surface area contributed by atoms with E-state index in [2.05, 4.69) is 25.6 Å². The zero-order valence-electron chi connectivity index (χ0n) is 14.7. The van der Waals surface area contributed by atoms with Crippen molar-refractivity contribution in [2.45, 2.75) is 13.1 Å². The van der Waals surface area contributed by atoms with Gasteiger partial charge < -0.3 is 15.1 Å². The molecule has 3 heterocycles. The Morgan fingerprint density at radius 1 is 0.852 bits per heavy atom. The largest absolute Gasteiger partial charge is 0.467 e. The van der Waals surface area contributed by atoms with Crippen molar-refractivity contribution in [2.24, 2.45) is 0 Å². The first-order valence-electron chi connectivity index (χ1n) is 8.70. The molecule has 0 bridgehead atoms. The van der Waals surface area contributed by atoms with Gasteiger partial charge in [0, 0.05) is 30.6 Å². The first-order valence-corrected chi connectivity index (χ1v) is 8.70. The Labute approximate surface area is 157 Å². The Bertz CT molecular complexity index is 972. The minimum Gasteiger partial charge on any atom is -0.467 e. The first kappa shape index (κ1) is 16.8. The zero-order chi connectivity index (χ0) is 18.3. The lowest BCUT2D eigenvalue weighted by atomic mass is 10.1. The highest BCUT2D eigenvalue weighted by Crippen LogP contribution is 2.22. The molecular weight excluding hydrogens is 338 g/mol. The molecule has 0 saturated heterocycles. The minimum atomic E-state index is 0.556. The molecule has 6 heteroatoms. The van der Waals surface area contributed by atoms with Gasteiger partial charge in [-0.1, -0.05) is 36.4 Å². The summed E-state index contributed by atoms with van der Waals surface area (Å²) >= 11 is 0. The van der Waals surface area contributed by atoms with Crippen molar-refractivity contribution in [1.29, 1.82) is 0 Å². The quantitative estimate of drug-likeness (QED) is 0.512. The maximum atomic E-state index is 5.38. The van der Waals surface area contributed by atoms with Gasteiger partial charge in [0.1, 0.15) is 11.6 Å². The first-order chi connectivity index (χ1) is 13.4. The fourth-order valence-corrected chi connectivity index (χ4v) is 2.65. The number of nitrogens with one attached hydrogen (secondary N) is 2. The van der Waals surface area contributed by atoms with Gasteiger partial charge in [0.05, 0.1) is 18.5 Å². The third-order valence-electron chi connectivity index (χ3n) is 3.99. The second-order valence-electron chi connectivity index (χ2n) is 5.98. The number of pyridine rings is 1. The molecule has 3 aromatic heterocycles. The highest BCUT2D eigenvalue weighted by atomic mass is 16.3. The number of aromatic nitrogens is 3. The van der Waals surface area contributed by atoms with Gasteiger partial charge >= 0.3 is 0 Å². The fraction of sp³-hybridized carbons (Fsp3) is 0.0952. The van der Waals surface area contributed by atoms with Crippen LogP contribution in [-0.4, -0.2) is 15.0 Å². The lowest BCUT2D eigenvalue weighted by Gasteiger charge is -2.11. The van der Waals surface area contributed by atoms with Gasteiger partial charge in [0.15, 0.2) is 0 Å². The maximum Gasteiger partial charge on any atom is 0.225 e. The van der Waals surface area contributed by atoms with Crippen LogP contribution in [0.3, 0.4) is 0 Å². The third kappa shape index (κ3) is 4.49.